The molecular formula is C28H31F3N6O2. The molecule has 8 nitrogen and oxygen atoms in total. The first-order valence-electron chi connectivity index (χ1n) is 13.3. The van der Waals surface area contributed by atoms with Crippen molar-refractivity contribution >= 4 is 34.7 Å². The van der Waals surface area contributed by atoms with Crippen molar-refractivity contribution in [3.63, 3.8) is 0 Å². The summed E-state index contributed by atoms with van der Waals surface area (Å²) in [6.45, 7) is 4.38. The molecule has 0 radical (unpaired) electrons. The van der Waals surface area contributed by atoms with Crippen LogP contribution in [0.25, 0.3) is 11.2 Å². The van der Waals surface area contributed by atoms with Gasteiger partial charge in [-0.1, -0.05) is 19.4 Å². The van der Waals surface area contributed by atoms with E-state index in [9.17, 15) is 22.8 Å². The van der Waals surface area contributed by atoms with Gasteiger partial charge in [-0.3, -0.25) is 9.59 Å². The van der Waals surface area contributed by atoms with Gasteiger partial charge in [0.25, 0.3) is 5.91 Å². The Morgan fingerprint density at radius 3 is 2.56 bits per heavy atom. The van der Waals surface area contributed by atoms with E-state index in [4.69, 9.17) is 0 Å². The minimum atomic E-state index is -4.34. The van der Waals surface area contributed by atoms with Crippen LogP contribution in [-0.4, -0.2) is 68.6 Å². The van der Waals surface area contributed by atoms with Gasteiger partial charge in [-0.05, 0) is 60.7 Å². The second-order valence-electron chi connectivity index (χ2n) is 10.1. The van der Waals surface area contributed by atoms with Gasteiger partial charge in [0.1, 0.15) is 0 Å². The van der Waals surface area contributed by atoms with Crippen molar-refractivity contribution in [1.29, 1.82) is 0 Å². The molecule has 206 valence electrons. The van der Waals surface area contributed by atoms with Crippen molar-refractivity contribution in [2.75, 3.05) is 31.5 Å². The van der Waals surface area contributed by atoms with E-state index < -0.39 is 24.9 Å². The molecular weight excluding hydrogens is 509 g/mol. The van der Waals surface area contributed by atoms with Crippen LogP contribution < -0.4 is 5.32 Å². The SMILES string of the molecule is CCC1CCN(C(=O)c2ccc(Nc3nc4c(C5=CCN(C(=O)CCC(F)(F)F)CC5)cccn4n3)cc2)C1. The second-order valence-corrected chi connectivity index (χ2v) is 10.1. The van der Waals surface area contributed by atoms with Gasteiger partial charge >= 0.3 is 6.18 Å². The van der Waals surface area contributed by atoms with Crippen LogP contribution in [0, 0.1) is 5.92 Å². The number of hydrogen-bond acceptors (Lipinski definition) is 5. The number of aromatic nitrogens is 3. The Kier molecular flexibility index (Phi) is 7.58. The Morgan fingerprint density at radius 1 is 1.10 bits per heavy atom. The first-order chi connectivity index (χ1) is 18.7. The van der Waals surface area contributed by atoms with E-state index in [-0.39, 0.29) is 12.5 Å². The zero-order valence-corrected chi connectivity index (χ0v) is 21.7. The molecule has 1 N–H and O–H groups in total. The van der Waals surface area contributed by atoms with Crippen molar-refractivity contribution in [2.45, 2.75) is 45.2 Å². The van der Waals surface area contributed by atoms with Crippen LogP contribution in [0.2, 0.25) is 0 Å². The van der Waals surface area contributed by atoms with E-state index >= 15 is 0 Å². The molecule has 0 bridgehead atoms. The van der Waals surface area contributed by atoms with Gasteiger partial charge in [0.2, 0.25) is 11.9 Å². The quantitative estimate of drug-likeness (QED) is 0.440. The smallest absolute Gasteiger partial charge is 0.339 e. The van der Waals surface area contributed by atoms with E-state index in [1.165, 1.54) is 4.90 Å². The maximum absolute atomic E-state index is 12.8. The number of nitrogens with zero attached hydrogens (tertiary/aromatic N) is 5. The van der Waals surface area contributed by atoms with Gasteiger partial charge in [0.15, 0.2) is 5.65 Å². The number of nitrogens with one attached hydrogen (secondary N) is 1. The third kappa shape index (κ3) is 6.23. The average molecular weight is 541 g/mol. The largest absolute Gasteiger partial charge is 0.389 e. The Labute approximate surface area is 224 Å². The molecule has 1 saturated heterocycles. The Hall–Kier alpha value is -3.89. The first kappa shape index (κ1) is 26.7. The van der Waals surface area contributed by atoms with Gasteiger partial charge in [0.05, 0.1) is 6.42 Å². The normalized spacial score (nSPS) is 17.9. The summed E-state index contributed by atoms with van der Waals surface area (Å²) < 4.78 is 39.1. The molecule has 5 rings (SSSR count). The molecule has 1 unspecified atom stereocenters. The van der Waals surface area contributed by atoms with Crippen LogP contribution >= 0.6 is 0 Å². The van der Waals surface area contributed by atoms with Gasteiger partial charge < -0.3 is 15.1 Å². The molecule has 1 fully saturated rings. The number of rotatable bonds is 7. The molecule has 3 aromatic rings. The average Bonchev–Trinajstić information content (AvgIpc) is 3.58. The number of likely N-dealkylation sites (tertiary alicyclic amines) is 1. The lowest BCUT2D eigenvalue weighted by molar-refractivity contribution is -0.148. The molecule has 0 aliphatic carbocycles. The third-order valence-corrected chi connectivity index (χ3v) is 7.43. The summed E-state index contributed by atoms with van der Waals surface area (Å²) in [4.78, 5) is 33.0. The summed E-state index contributed by atoms with van der Waals surface area (Å²) in [5.74, 6) is 0.532. The molecule has 2 aliphatic rings. The molecule has 11 heteroatoms. The van der Waals surface area contributed by atoms with E-state index in [0.29, 0.717) is 36.0 Å². The van der Waals surface area contributed by atoms with Crippen LogP contribution in [-0.2, 0) is 4.79 Å². The molecule has 39 heavy (non-hydrogen) atoms. The fourth-order valence-corrected chi connectivity index (χ4v) is 5.12. The molecule has 0 saturated carbocycles. The summed E-state index contributed by atoms with van der Waals surface area (Å²) in [6.07, 6.45) is 0.323. The van der Waals surface area contributed by atoms with E-state index in [1.807, 2.05) is 35.2 Å². The number of carbonyl (C=O) groups excluding carboxylic acids is 2. The minimum absolute atomic E-state index is 0.0503. The molecule has 2 aliphatic heterocycles. The van der Waals surface area contributed by atoms with Crippen LogP contribution in [0.5, 0.6) is 0 Å². The number of pyridine rings is 1. The number of hydrogen-bond donors (Lipinski definition) is 1. The highest BCUT2D eigenvalue weighted by Gasteiger charge is 2.30. The highest BCUT2D eigenvalue weighted by Crippen LogP contribution is 2.28. The lowest BCUT2D eigenvalue weighted by Gasteiger charge is -2.27. The van der Waals surface area contributed by atoms with Crippen molar-refractivity contribution < 1.29 is 22.8 Å². The van der Waals surface area contributed by atoms with Crippen molar-refractivity contribution in [1.82, 2.24) is 24.4 Å². The van der Waals surface area contributed by atoms with E-state index in [0.717, 1.165) is 42.8 Å². The summed E-state index contributed by atoms with van der Waals surface area (Å²) >= 11 is 0. The van der Waals surface area contributed by atoms with Crippen LogP contribution in [0.1, 0.15) is 54.9 Å². The van der Waals surface area contributed by atoms with Crippen molar-refractivity contribution in [3.8, 4) is 0 Å². The highest BCUT2D eigenvalue weighted by atomic mass is 19.4. The zero-order chi connectivity index (χ0) is 27.6. The lowest BCUT2D eigenvalue weighted by Crippen LogP contribution is -2.35. The van der Waals surface area contributed by atoms with Gasteiger partial charge in [0, 0.05) is 55.6 Å². The summed E-state index contributed by atoms with van der Waals surface area (Å²) in [7, 11) is 0. The summed E-state index contributed by atoms with van der Waals surface area (Å²) in [6, 6.07) is 11.1. The number of halogens is 3. The van der Waals surface area contributed by atoms with E-state index in [2.05, 4.69) is 22.3 Å². The van der Waals surface area contributed by atoms with Gasteiger partial charge in [-0.25, -0.2) is 4.52 Å². The number of benzene rings is 1. The number of anilines is 2. The van der Waals surface area contributed by atoms with Crippen LogP contribution in [0.15, 0.2) is 48.7 Å². The molecule has 4 heterocycles. The predicted molar refractivity (Wildman–Crippen MR) is 141 cm³/mol. The highest BCUT2D eigenvalue weighted by molar-refractivity contribution is 5.94. The molecule has 2 aromatic heterocycles. The maximum atomic E-state index is 12.8. The van der Waals surface area contributed by atoms with E-state index in [1.54, 1.807) is 22.8 Å². The standard InChI is InChI=1S/C28H31F3N6O2/c1-2-19-10-15-36(18-19)26(39)21-5-7-22(8-6-21)32-27-33-25-23(4-3-14-37(25)34-27)20-11-16-35(17-12-20)24(38)9-13-28(29,30)31/h3-8,11,14,19H,2,9-10,12-13,15-18H2,1H3,(H,32,34). The van der Waals surface area contributed by atoms with Crippen molar-refractivity contribution in [3.05, 3.63) is 59.8 Å². The molecule has 0 spiro atoms. The molecule has 2 amide bonds. The third-order valence-electron chi connectivity index (χ3n) is 7.43. The second kappa shape index (κ2) is 11.1. The van der Waals surface area contributed by atoms with Crippen LogP contribution in [0.4, 0.5) is 24.8 Å². The Balaban J connectivity index is 1.25. The molecule has 1 atom stereocenters. The fourth-order valence-electron chi connectivity index (χ4n) is 5.12. The summed E-state index contributed by atoms with van der Waals surface area (Å²) in [5, 5.41) is 7.70. The minimum Gasteiger partial charge on any atom is -0.339 e. The topological polar surface area (TPSA) is 82.8 Å². The van der Waals surface area contributed by atoms with Crippen molar-refractivity contribution in [2.24, 2.45) is 5.92 Å². The summed E-state index contributed by atoms with van der Waals surface area (Å²) in [5.41, 5.74) is 3.86. The van der Waals surface area contributed by atoms with Gasteiger partial charge in [-0.15, -0.1) is 5.10 Å². The number of fused-ring (bicyclic) bond motifs is 1. The lowest BCUT2D eigenvalue weighted by atomic mass is 10.00. The molecule has 1 aromatic carbocycles. The Morgan fingerprint density at radius 2 is 1.90 bits per heavy atom. The number of carbonyl (C=O) groups is 2. The Bertz CT molecular complexity index is 1380. The maximum Gasteiger partial charge on any atom is 0.389 e. The number of alkyl halides is 3. The fraction of sp³-hybridized carbons (Fsp3) is 0.429. The number of amides is 2. The predicted octanol–water partition coefficient (Wildman–Crippen LogP) is 5.30. The monoisotopic (exact) mass is 540 g/mol. The van der Waals surface area contributed by atoms with Crippen LogP contribution in [0.3, 0.4) is 0 Å². The first-order valence-corrected chi connectivity index (χ1v) is 13.3. The van der Waals surface area contributed by atoms with Gasteiger partial charge in [-0.2, -0.15) is 18.2 Å². The zero-order valence-electron chi connectivity index (χ0n) is 21.7.